The van der Waals surface area contributed by atoms with E-state index in [1.54, 1.807) is 9.21 Å². The number of carbonyl (C=O) groups is 1. The van der Waals surface area contributed by atoms with E-state index in [4.69, 9.17) is 11.6 Å². The van der Waals surface area contributed by atoms with Crippen molar-refractivity contribution in [1.29, 1.82) is 0 Å². The van der Waals surface area contributed by atoms with E-state index in [0.717, 1.165) is 56.6 Å². The Morgan fingerprint density at radius 2 is 1.03 bits per heavy atom. The maximum Gasteiger partial charge on any atom is 0.279 e. The molecular weight excluding hydrogens is 826 g/mol. The van der Waals surface area contributed by atoms with Gasteiger partial charge in [0.05, 0.1) is 12.8 Å². The lowest BCUT2D eigenvalue weighted by Crippen LogP contribution is -2.43. The first kappa shape index (κ1) is 50.8. The Kier molecular flexibility index (Phi) is 19.3. The van der Waals surface area contributed by atoms with Crippen LogP contribution in [0, 0.1) is 0 Å². The van der Waals surface area contributed by atoms with E-state index in [0.29, 0.717) is 68.2 Å². The Bertz CT molecular complexity index is 2030. The SMILES string of the molecule is CC(C)c1ccc(C2CCN(CC(=O)N(C)C)CC2)c(Cl)c1.CC(C)c1ccc(C2CCN(S(C)(=O)=O)CC2)cc1.CNS(=O)(=O)N1CCC(c2ccc(C(C)C)cc2)CC1. The molecule has 0 unspecified atom stereocenters. The summed E-state index contributed by atoms with van der Waals surface area (Å²) >= 11 is 6.49. The van der Waals surface area contributed by atoms with Crippen molar-refractivity contribution in [3.63, 3.8) is 0 Å². The molecule has 3 aliphatic heterocycles. The van der Waals surface area contributed by atoms with Crippen LogP contribution in [0.5, 0.6) is 0 Å². The van der Waals surface area contributed by atoms with Gasteiger partial charge in [0.15, 0.2) is 0 Å². The third kappa shape index (κ3) is 15.1. The van der Waals surface area contributed by atoms with Crippen LogP contribution in [-0.4, -0.2) is 114 Å². The third-order valence-corrected chi connectivity index (χ3v) is 15.9. The van der Waals surface area contributed by atoms with Gasteiger partial charge < -0.3 is 4.90 Å². The molecule has 0 saturated carbocycles. The second-order valence-corrected chi connectivity index (χ2v) is 22.5. The number of likely N-dealkylation sites (N-methyl/N-ethyl adjacent to an activating group) is 1. The number of benzene rings is 3. The standard InChI is InChI=1S/C18H27ClN2O.C15H24N2O2S.C15H23NO2S/c1-13(2)15-5-6-16(17(19)11-15)14-7-9-21(10-8-14)12-18(22)20(3)4;1-12(2)13-4-6-14(7-5-13)15-8-10-17(11-9-15)20(18,19)16-3;1-12(2)13-4-6-14(7-5-13)15-8-10-16(11-9-15)19(3,17)18/h5-6,11,13-14H,7-10,12H2,1-4H3;4-7,12,15-16H,8-11H2,1-3H3;4-7,12,15H,8-11H2,1-3H3. The number of hydrogen-bond acceptors (Lipinski definition) is 6. The summed E-state index contributed by atoms with van der Waals surface area (Å²) in [5.74, 6) is 3.27. The van der Waals surface area contributed by atoms with E-state index in [9.17, 15) is 21.6 Å². The number of halogens is 1. The second kappa shape index (κ2) is 23.2. The molecule has 1 N–H and O–H groups in total. The van der Waals surface area contributed by atoms with Crippen molar-refractivity contribution >= 4 is 37.7 Å². The van der Waals surface area contributed by atoms with Crippen molar-refractivity contribution in [3.05, 3.63) is 105 Å². The number of nitrogens with one attached hydrogen (secondary N) is 1. The first-order valence-electron chi connectivity index (χ1n) is 22.2. The maximum atomic E-state index is 11.8. The molecule has 0 radical (unpaired) electrons. The van der Waals surface area contributed by atoms with Gasteiger partial charge in [0.25, 0.3) is 10.2 Å². The highest BCUT2D eigenvalue weighted by molar-refractivity contribution is 7.88. The molecule has 3 saturated heterocycles. The average molecular weight is 901 g/mol. The summed E-state index contributed by atoms with van der Waals surface area (Å²) in [6, 6.07) is 24.1. The number of hydrogen-bond donors (Lipinski definition) is 1. The van der Waals surface area contributed by atoms with Crippen LogP contribution in [0.3, 0.4) is 0 Å². The minimum absolute atomic E-state index is 0.178. The molecule has 0 aromatic heterocycles. The van der Waals surface area contributed by atoms with Crippen LogP contribution in [0.2, 0.25) is 5.02 Å². The topological polar surface area (TPSA) is 110 Å². The van der Waals surface area contributed by atoms with Crippen molar-refractivity contribution in [2.45, 2.75) is 116 Å². The number of piperidine rings is 3. The molecule has 0 spiro atoms. The van der Waals surface area contributed by atoms with Crippen LogP contribution in [0.4, 0.5) is 0 Å². The molecule has 61 heavy (non-hydrogen) atoms. The highest BCUT2D eigenvalue weighted by atomic mass is 35.5. The van der Waals surface area contributed by atoms with Crippen LogP contribution < -0.4 is 4.72 Å². The van der Waals surface area contributed by atoms with Gasteiger partial charge in [-0.15, -0.1) is 0 Å². The number of amides is 1. The van der Waals surface area contributed by atoms with Crippen LogP contribution in [-0.2, 0) is 25.0 Å². The molecule has 10 nitrogen and oxygen atoms in total. The van der Waals surface area contributed by atoms with Gasteiger partial charge in [-0.25, -0.2) is 17.4 Å². The van der Waals surface area contributed by atoms with Gasteiger partial charge in [0.1, 0.15) is 0 Å². The van der Waals surface area contributed by atoms with E-state index in [2.05, 4.69) is 118 Å². The molecule has 340 valence electrons. The fourth-order valence-corrected chi connectivity index (χ4v) is 10.5. The summed E-state index contributed by atoms with van der Waals surface area (Å²) in [6.45, 7) is 18.1. The Morgan fingerprint density at radius 3 is 1.39 bits per heavy atom. The number of carbonyl (C=O) groups excluding carboxylic acids is 1. The molecule has 0 bridgehead atoms. The number of sulfonamides is 1. The summed E-state index contributed by atoms with van der Waals surface area (Å²) in [6.07, 6.45) is 7.07. The predicted molar refractivity (Wildman–Crippen MR) is 254 cm³/mol. The molecule has 1 amide bonds. The van der Waals surface area contributed by atoms with Gasteiger partial charge in [-0.05, 0) is 127 Å². The maximum absolute atomic E-state index is 11.8. The molecule has 3 fully saturated rings. The van der Waals surface area contributed by atoms with Crippen molar-refractivity contribution in [3.8, 4) is 0 Å². The predicted octanol–water partition coefficient (Wildman–Crippen LogP) is 9.13. The molecule has 0 aliphatic carbocycles. The van der Waals surface area contributed by atoms with Crippen molar-refractivity contribution < 1.29 is 21.6 Å². The number of likely N-dealkylation sites (tertiary alicyclic amines) is 1. The van der Waals surface area contributed by atoms with Gasteiger partial charge in [-0.3, -0.25) is 9.69 Å². The third-order valence-electron chi connectivity index (χ3n) is 12.7. The van der Waals surface area contributed by atoms with Crippen molar-refractivity contribution in [2.75, 3.05) is 73.2 Å². The minimum atomic E-state index is -3.26. The van der Waals surface area contributed by atoms with Gasteiger partial charge >= 0.3 is 0 Å². The zero-order valence-electron chi connectivity index (χ0n) is 38.5. The van der Waals surface area contributed by atoms with Gasteiger partial charge in [0, 0.05) is 52.3 Å². The molecule has 3 aromatic carbocycles. The van der Waals surface area contributed by atoms with Crippen LogP contribution in [0.15, 0.2) is 66.7 Å². The number of rotatable bonds is 11. The largest absolute Gasteiger partial charge is 0.348 e. The zero-order chi connectivity index (χ0) is 45.1. The molecule has 13 heteroatoms. The smallest absolute Gasteiger partial charge is 0.279 e. The monoisotopic (exact) mass is 899 g/mol. The lowest BCUT2D eigenvalue weighted by molar-refractivity contribution is -0.130. The highest BCUT2D eigenvalue weighted by Crippen LogP contribution is 2.35. The molecule has 3 aromatic rings. The molecule has 6 rings (SSSR count). The van der Waals surface area contributed by atoms with Crippen molar-refractivity contribution in [1.82, 2.24) is 23.1 Å². The van der Waals surface area contributed by atoms with E-state index in [1.165, 1.54) is 51.0 Å². The lowest BCUT2D eigenvalue weighted by atomic mass is 9.88. The van der Waals surface area contributed by atoms with Gasteiger partial charge in [-0.2, -0.15) is 12.7 Å². The Hall–Kier alpha value is -2.84. The quantitative estimate of drug-likeness (QED) is 0.206. The first-order valence-corrected chi connectivity index (χ1v) is 25.9. The second-order valence-electron chi connectivity index (χ2n) is 18.2. The van der Waals surface area contributed by atoms with Crippen LogP contribution in [0.25, 0.3) is 0 Å². The zero-order valence-corrected chi connectivity index (χ0v) is 40.9. The minimum Gasteiger partial charge on any atom is -0.348 e. The van der Waals surface area contributed by atoms with Gasteiger partial charge in [-0.1, -0.05) is 114 Å². The fourth-order valence-electron chi connectivity index (χ4n) is 8.35. The van der Waals surface area contributed by atoms with E-state index in [-0.39, 0.29) is 5.91 Å². The van der Waals surface area contributed by atoms with Crippen LogP contribution >= 0.6 is 11.6 Å². The van der Waals surface area contributed by atoms with E-state index >= 15 is 0 Å². The summed E-state index contributed by atoms with van der Waals surface area (Å²) in [5.41, 5.74) is 7.95. The summed E-state index contributed by atoms with van der Waals surface area (Å²) in [4.78, 5) is 15.7. The van der Waals surface area contributed by atoms with E-state index < -0.39 is 20.2 Å². The molecule has 0 atom stereocenters. The van der Waals surface area contributed by atoms with E-state index in [1.807, 2.05) is 14.1 Å². The van der Waals surface area contributed by atoms with Crippen LogP contribution in [0.1, 0.15) is 149 Å². The average Bonchev–Trinajstić information content (AvgIpc) is 3.24. The van der Waals surface area contributed by atoms with Crippen molar-refractivity contribution in [2.24, 2.45) is 0 Å². The normalized spacial score (nSPS) is 18.1. The Balaban J connectivity index is 0.000000202. The molecule has 3 aliphatic rings. The lowest BCUT2D eigenvalue weighted by Gasteiger charge is -2.32. The molecule has 3 heterocycles. The number of nitrogens with zero attached hydrogens (tertiary/aromatic N) is 4. The Morgan fingerprint density at radius 1 is 0.639 bits per heavy atom. The van der Waals surface area contributed by atoms with Gasteiger partial charge in [0.2, 0.25) is 15.9 Å². The highest BCUT2D eigenvalue weighted by Gasteiger charge is 2.28. The Labute approximate surface area is 374 Å². The molecular formula is C48H74ClN5O5S2. The summed E-state index contributed by atoms with van der Waals surface area (Å²) < 4.78 is 51.9. The first-order chi connectivity index (χ1) is 28.7. The fraction of sp³-hybridized carbons (Fsp3) is 0.604. The summed E-state index contributed by atoms with van der Waals surface area (Å²) in [5, 5.41) is 0.897. The summed E-state index contributed by atoms with van der Waals surface area (Å²) in [7, 11) is -1.19.